The quantitative estimate of drug-likeness (QED) is 0.601. The zero-order valence-electron chi connectivity index (χ0n) is 7.23. The van der Waals surface area contributed by atoms with Crippen LogP contribution in [0, 0.1) is 0 Å². The van der Waals surface area contributed by atoms with Crippen molar-refractivity contribution in [1.29, 1.82) is 0 Å². The zero-order valence-corrected chi connectivity index (χ0v) is 11.0. The minimum absolute atomic E-state index is 0.0833. The van der Waals surface area contributed by atoms with Crippen molar-refractivity contribution in [1.82, 2.24) is 0 Å². The average molecular weight is 382 g/mol. The van der Waals surface area contributed by atoms with Crippen molar-refractivity contribution in [2.45, 2.75) is 39.8 Å². The molecule has 0 atom stereocenters. The van der Waals surface area contributed by atoms with Crippen molar-refractivity contribution in [3.8, 4) is 0 Å². The van der Waals surface area contributed by atoms with E-state index in [9.17, 15) is 0 Å². The molecule has 0 saturated carbocycles. The van der Waals surface area contributed by atoms with Gasteiger partial charge in [-0.05, 0) is 0 Å². The second-order valence-corrected chi connectivity index (χ2v) is 5.64. The van der Waals surface area contributed by atoms with Crippen molar-refractivity contribution in [3.63, 3.8) is 0 Å². The molecule has 0 rings (SSSR count). The van der Waals surface area contributed by atoms with E-state index in [-0.39, 0.29) is 12.1 Å². The van der Waals surface area contributed by atoms with Gasteiger partial charge >= 0.3 is 35.3 Å². The van der Waals surface area contributed by atoms with Gasteiger partial charge in [0.1, 0.15) is 0 Å². The molecule has 74 valence electrons. The van der Waals surface area contributed by atoms with Crippen molar-refractivity contribution in [3.05, 3.63) is 11.5 Å². The van der Waals surface area contributed by atoms with Gasteiger partial charge in [-0.1, -0.05) is 27.7 Å². The first-order chi connectivity index (χ1) is 4.88. The third-order valence-corrected chi connectivity index (χ3v) is 0. The van der Waals surface area contributed by atoms with E-state index < -0.39 is 16.5 Å². The third-order valence-electron chi connectivity index (χ3n) is 0. The van der Waals surface area contributed by atoms with Gasteiger partial charge in [-0.15, -0.1) is 12.1 Å². The first-order valence-corrected chi connectivity index (χ1v) is 8.76. The Morgan fingerprint density at radius 1 is 0.909 bits per heavy atom. The molecule has 2 nitrogen and oxygen atoms in total. The van der Waals surface area contributed by atoms with Crippen LogP contribution < -0.4 is 0 Å². The topological polar surface area (TPSA) is 47.6 Å². The van der Waals surface area contributed by atoms with Crippen LogP contribution in [0.3, 0.4) is 0 Å². The predicted molar refractivity (Wildman–Crippen MR) is 50.6 cm³/mol. The Balaban J connectivity index is -0.0000000886. The summed E-state index contributed by atoms with van der Waals surface area (Å²) in [7, 11) is 9.75. The molecule has 5 heteroatoms. The van der Waals surface area contributed by atoms with Crippen molar-refractivity contribution in [2.75, 3.05) is 0 Å². The number of hydrogen-bond acceptors (Lipinski definition) is 0. The van der Waals surface area contributed by atoms with Crippen LogP contribution in [0.5, 0.6) is 0 Å². The molecule has 0 amide bonds. The maximum absolute atomic E-state index is 6.58. The Labute approximate surface area is 86.4 Å². The second-order valence-electron chi connectivity index (χ2n) is 2.35. The summed E-state index contributed by atoms with van der Waals surface area (Å²) in [5.74, 6) is 0. The number of nitrogens with one attached hydrogen (secondary N) is 2. The summed E-state index contributed by atoms with van der Waals surface area (Å²) in [6.45, 7) is 7.33. The van der Waals surface area contributed by atoms with Gasteiger partial charge in [-0.2, -0.15) is 0 Å². The summed E-state index contributed by atoms with van der Waals surface area (Å²) in [6, 6.07) is 0.167. The molecular formula is C6H16Cl2N2Pt. The summed E-state index contributed by atoms with van der Waals surface area (Å²) in [5.41, 5.74) is 13.2. The Kier molecular flexibility index (Phi) is 28.5. The van der Waals surface area contributed by atoms with Gasteiger partial charge in [0.2, 0.25) is 0 Å². The normalized spacial score (nSPS) is 8.55. The van der Waals surface area contributed by atoms with Gasteiger partial charge in [0.25, 0.3) is 0 Å². The van der Waals surface area contributed by atoms with Crippen LogP contribution >= 0.6 is 18.8 Å². The van der Waals surface area contributed by atoms with Crippen LogP contribution in [0.25, 0.3) is 11.5 Å². The molecule has 0 aliphatic carbocycles. The molecule has 0 fully saturated rings. The molecule has 0 bridgehead atoms. The van der Waals surface area contributed by atoms with Gasteiger partial charge in [0.05, 0.1) is 0 Å². The second kappa shape index (κ2) is 17.3. The minimum atomic E-state index is -0.472. The van der Waals surface area contributed by atoms with Crippen LogP contribution in [0.15, 0.2) is 0 Å². The number of halogens is 2. The fraction of sp³-hybridized carbons (Fsp3) is 1.00. The molecule has 0 heterocycles. The number of rotatable bonds is 0. The SMILES string of the molecule is CC(C)[NH-].CC(C)[NH-].[Cl][Pt+2][Cl]. The van der Waals surface area contributed by atoms with Crippen molar-refractivity contribution < 1.29 is 16.5 Å². The van der Waals surface area contributed by atoms with Crippen LogP contribution in [0.1, 0.15) is 27.7 Å². The van der Waals surface area contributed by atoms with Gasteiger partial charge < -0.3 is 11.5 Å². The monoisotopic (exact) mass is 381 g/mol. The summed E-state index contributed by atoms with van der Waals surface area (Å²) >= 11 is -0.472. The molecule has 0 radical (unpaired) electrons. The summed E-state index contributed by atoms with van der Waals surface area (Å²) in [6.07, 6.45) is 0. The van der Waals surface area contributed by atoms with Crippen LogP contribution in [0.2, 0.25) is 0 Å². The molecule has 0 aliphatic rings. The molecule has 0 spiro atoms. The molecular weight excluding hydrogens is 366 g/mol. The van der Waals surface area contributed by atoms with Gasteiger partial charge in [0.15, 0.2) is 0 Å². The Morgan fingerprint density at radius 2 is 0.909 bits per heavy atom. The van der Waals surface area contributed by atoms with E-state index in [1.54, 1.807) is 0 Å². The standard InChI is InChI=1S/2C3H8N.2ClH.Pt/c2*1-3(2)4;;;/h2*3-4H,1-2H3;2*1H;/q2*-1;;;+4/p-2. The van der Waals surface area contributed by atoms with Gasteiger partial charge in [0, 0.05) is 0 Å². The molecule has 0 saturated heterocycles. The fourth-order valence-corrected chi connectivity index (χ4v) is 0. The van der Waals surface area contributed by atoms with Crippen LogP contribution in [-0.2, 0) is 16.5 Å². The maximum atomic E-state index is 6.58. The van der Waals surface area contributed by atoms with E-state index in [2.05, 4.69) is 0 Å². The van der Waals surface area contributed by atoms with Gasteiger partial charge in [-0.3, -0.25) is 0 Å². The molecule has 0 aromatic heterocycles. The Bertz CT molecular complexity index is 42.3. The molecule has 0 unspecified atom stereocenters. The van der Waals surface area contributed by atoms with E-state index in [1.165, 1.54) is 0 Å². The average Bonchev–Trinajstić information content (AvgIpc) is 1.60. The van der Waals surface area contributed by atoms with Gasteiger partial charge in [-0.25, -0.2) is 0 Å². The van der Waals surface area contributed by atoms with E-state index in [0.29, 0.717) is 0 Å². The van der Waals surface area contributed by atoms with Crippen molar-refractivity contribution >= 4 is 18.8 Å². The van der Waals surface area contributed by atoms with E-state index >= 15 is 0 Å². The summed E-state index contributed by atoms with van der Waals surface area (Å²) in [4.78, 5) is 0. The van der Waals surface area contributed by atoms with Crippen LogP contribution in [-0.4, -0.2) is 12.1 Å². The summed E-state index contributed by atoms with van der Waals surface area (Å²) in [5, 5.41) is 0. The first-order valence-electron chi connectivity index (χ1n) is 3.13. The van der Waals surface area contributed by atoms with Crippen LogP contribution in [0.4, 0.5) is 0 Å². The third kappa shape index (κ3) is 669. The molecule has 11 heavy (non-hydrogen) atoms. The molecule has 0 aliphatic heterocycles. The summed E-state index contributed by atoms with van der Waals surface area (Å²) < 4.78 is 0. The van der Waals surface area contributed by atoms with E-state index in [0.717, 1.165) is 0 Å². The molecule has 0 aromatic rings. The van der Waals surface area contributed by atoms with E-state index in [4.69, 9.17) is 30.3 Å². The van der Waals surface area contributed by atoms with E-state index in [1.807, 2.05) is 27.7 Å². The zero-order chi connectivity index (χ0) is 9.86. The fourth-order valence-electron chi connectivity index (χ4n) is 0. The van der Waals surface area contributed by atoms with Crippen molar-refractivity contribution in [2.24, 2.45) is 0 Å². The molecule has 0 aromatic carbocycles. The Morgan fingerprint density at radius 3 is 0.909 bits per heavy atom. The first kappa shape index (κ1) is 18.1. The Hall–Kier alpha value is 1.19. The number of hydrogen-bond donors (Lipinski definition) is 0. The molecule has 2 N–H and O–H groups in total. The predicted octanol–water partition coefficient (Wildman–Crippen LogP) is 4.27.